The molecule has 0 aliphatic heterocycles. The molecule has 0 spiro atoms. The molecule has 0 unspecified atom stereocenters. The molecule has 0 bridgehead atoms. The second kappa shape index (κ2) is 5.88. The second-order valence-electron chi connectivity index (χ2n) is 3.40. The SMILES string of the molecule is CCc1cc(P(CC)CC)c(CC)s1. The summed E-state index contributed by atoms with van der Waals surface area (Å²) in [6.45, 7) is 9.21. The molecule has 1 heterocycles. The summed E-state index contributed by atoms with van der Waals surface area (Å²) in [5.74, 6) is 0. The van der Waals surface area contributed by atoms with Gasteiger partial charge < -0.3 is 0 Å². The average Bonchev–Trinajstić information content (AvgIpc) is 2.63. The lowest BCUT2D eigenvalue weighted by Gasteiger charge is -2.13. The molecule has 0 atom stereocenters. The van der Waals surface area contributed by atoms with Crippen molar-refractivity contribution < 1.29 is 0 Å². The molecule has 2 heteroatoms. The van der Waals surface area contributed by atoms with Gasteiger partial charge in [-0.3, -0.25) is 0 Å². The van der Waals surface area contributed by atoms with E-state index in [0.717, 1.165) is 0 Å². The number of thiophene rings is 1. The summed E-state index contributed by atoms with van der Waals surface area (Å²) in [7, 11) is 0.148. The third kappa shape index (κ3) is 2.58. The van der Waals surface area contributed by atoms with E-state index in [9.17, 15) is 0 Å². The minimum Gasteiger partial charge on any atom is -0.145 e. The fourth-order valence-electron chi connectivity index (χ4n) is 1.73. The number of rotatable bonds is 5. The Kier molecular flexibility index (Phi) is 5.12. The molecule has 1 rings (SSSR count). The van der Waals surface area contributed by atoms with E-state index in [1.807, 2.05) is 11.3 Å². The van der Waals surface area contributed by atoms with Gasteiger partial charge in [0.25, 0.3) is 0 Å². The van der Waals surface area contributed by atoms with Gasteiger partial charge in [-0.1, -0.05) is 35.6 Å². The molecular weight excluding hydrogens is 207 g/mol. The first-order valence-corrected chi connectivity index (χ1v) is 8.16. The Morgan fingerprint density at radius 3 is 2.14 bits per heavy atom. The van der Waals surface area contributed by atoms with Gasteiger partial charge in [-0.2, -0.15) is 0 Å². The van der Waals surface area contributed by atoms with Gasteiger partial charge >= 0.3 is 0 Å². The van der Waals surface area contributed by atoms with Crippen LogP contribution in [0.4, 0.5) is 0 Å². The lowest BCUT2D eigenvalue weighted by atomic mass is 10.3. The van der Waals surface area contributed by atoms with Gasteiger partial charge in [0.05, 0.1) is 0 Å². The number of hydrogen-bond donors (Lipinski definition) is 0. The lowest BCUT2D eigenvalue weighted by Crippen LogP contribution is -2.05. The zero-order valence-electron chi connectivity index (χ0n) is 9.76. The Morgan fingerprint density at radius 1 is 1.07 bits per heavy atom. The van der Waals surface area contributed by atoms with Crippen LogP contribution in [0, 0.1) is 0 Å². The first-order valence-electron chi connectivity index (χ1n) is 5.63. The fraction of sp³-hybridized carbons (Fsp3) is 0.667. The van der Waals surface area contributed by atoms with E-state index in [-0.39, 0.29) is 7.92 Å². The van der Waals surface area contributed by atoms with E-state index in [1.54, 1.807) is 15.1 Å². The zero-order chi connectivity index (χ0) is 10.6. The van der Waals surface area contributed by atoms with Crippen molar-refractivity contribution in [2.45, 2.75) is 40.5 Å². The van der Waals surface area contributed by atoms with Crippen LogP contribution >= 0.6 is 19.3 Å². The molecule has 1 aromatic rings. The minimum absolute atomic E-state index is 0.148. The highest BCUT2D eigenvalue weighted by Crippen LogP contribution is 2.37. The molecule has 0 N–H and O–H groups in total. The van der Waals surface area contributed by atoms with E-state index >= 15 is 0 Å². The molecule has 0 aliphatic carbocycles. The first kappa shape index (κ1) is 12.2. The monoisotopic (exact) mass is 228 g/mol. The molecule has 0 nitrogen and oxygen atoms in total. The summed E-state index contributed by atoms with van der Waals surface area (Å²) in [4.78, 5) is 3.22. The standard InChI is InChI=1S/C12H21PS/c1-5-10-9-11(12(6-2)14-10)13(7-3)8-4/h9H,5-8H2,1-4H3. The highest BCUT2D eigenvalue weighted by atomic mass is 32.1. The Balaban J connectivity index is 2.98. The molecule has 0 radical (unpaired) electrons. The van der Waals surface area contributed by atoms with Crippen LogP contribution in [0.15, 0.2) is 6.07 Å². The largest absolute Gasteiger partial charge is 0.145 e. The minimum atomic E-state index is 0.148. The van der Waals surface area contributed by atoms with Crippen LogP contribution in [-0.2, 0) is 12.8 Å². The Morgan fingerprint density at radius 2 is 1.71 bits per heavy atom. The molecule has 0 aliphatic rings. The third-order valence-corrected chi connectivity index (χ3v) is 6.79. The molecule has 0 fully saturated rings. The number of aryl methyl sites for hydroxylation is 2. The van der Waals surface area contributed by atoms with Gasteiger partial charge in [0.1, 0.15) is 0 Å². The Bertz CT molecular complexity index is 274. The van der Waals surface area contributed by atoms with Crippen molar-refractivity contribution in [2.24, 2.45) is 0 Å². The molecule has 0 aromatic carbocycles. The molecule has 0 amide bonds. The summed E-state index contributed by atoms with van der Waals surface area (Å²) in [6, 6.07) is 2.47. The van der Waals surface area contributed by atoms with Crippen molar-refractivity contribution in [3.05, 3.63) is 15.8 Å². The quantitative estimate of drug-likeness (QED) is 0.668. The van der Waals surface area contributed by atoms with Gasteiger partial charge in [0, 0.05) is 9.75 Å². The van der Waals surface area contributed by atoms with Crippen molar-refractivity contribution in [3.8, 4) is 0 Å². The average molecular weight is 228 g/mol. The van der Waals surface area contributed by atoms with Crippen LogP contribution in [0.25, 0.3) is 0 Å². The van der Waals surface area contributed by atoms with Crippen molar-refractivity contribution in [2.75, 3.05) is 12.3 Å². The van der Waals surface area contributed by atoms with E-state index in [0.29, 0.717) is 0 Å². The van der Waals surface area contributed by atoms with Crippen molar-refractivity contribution >= 4 is 24.6 Å². The molecule has 14 heavy (non-hydrogen) atoms. The molecule has 0 saturated heterocycles. The maximum absolute atomic E-state index is 2.47. The van der Waals surface area contributed by atoms with Gasteiger partial charge in [-0.25, -0.2) is 0 Å². The van der Waals surface area contributed by atoms with Crippen LogP contribution < -0.4 is 5.30 Å². The van der Waals surface area contributed by atoms with Crippen molar-refractivity contribution in [1.29, 1.82) is 0 Å². The normalized spacial score (nSPS) is 11.2. The third-order valence-electron chi connectivity index (χ3n) is 2.61. The van der Waals surface area contributed by atoms with E-state index in [2.05, 4.69) is 33.8 Å². The smallest absolute Gasteiger partial charge is 0.0122 e. The predicted molar refractivity (Wildman–Crippen MR) is 70.7 cm³/mol. The van der Waals surface area contributed by atoms with E-state index < -0.39 is 0 Å². The Labute approximate surface area is 93.5 Å². The van der Waals surface area contributed by atoms with Crippen molar-refractivity contribution in [1.82, 2.24) is 0 Å². The van der Waals surface area contributed by atoms with E-state index in [4.69, 9.17) is 0 Å². The van der Waals surface area contributed by atoms with Crippen LogP contribution in [-0.4, -0.2) is 12.3 Å². The summed E-state index contributed by atoms with van der Waals surface area (Å²) in [5.41, 5.74) is 0. The molecule has 1 aromatic heterocycles. The van der Waals surface area contributed by atoms with Crippen LogP contribution in [0.2, 0.25) is 0 Å². The fourth-order valence-corrected chi connectivity index (χ4v) is 5.27. The van der Waals surface area contributed by atoms with Crippen LogP contribution in [0.3, 0.4) is 0 Å². The van der Waals surface area contributed by atoms with Gasteiger partial charge in [0.2, 0.25) is 0 Å². The molecular formula is C12H21PS. The number of hydrogen-bond acceptors (Lipinski definition) is 1. The van der Waals surface area contributed by atoms with Crippen LogP contribution in [0.1, 0.15) is 37.4 Å². The van der Waals surface area contributed by atoms with Crippen molar-refractivity contribution in [3.63, 3.8) is 0 Å². The Hall–Kier alpha value is 0.130. The first-order chi connectivity index (χ1) is 6.76. The second-order valence-corrected chi connectivity index (χ2v) is 7.45. The topological polar surface area (TPSA) is 0 Å². The lowest BCUT2D eigenvalue weighted by molar-refractivity contribution is 1.19. The van der Waals surface area contributed by atoms with Gasteiger partial charge in [0.15, 0.2) is 0 Å². The molecule has 80 valence electrons. The highest BCUT2D eigenvalue weighted by molar-refractivity contribution is 7.66. The zero-order valence-corrected chi connectivity index (χ0v) is 11.5. The maximum atomic E-state index is 2.47. The molecule has 0 saturated carbocycles. The van der Waals surface area contributed by atoms with Gasteiger partial charge in [-0.15, -0.1) is 11.3 Å². The van der Waals surface area contributed by atoms with Crippen LogP contribution in [0.5, 0.6) is 0 Å². The van der Waals surface area contributed by atoms with E-state index in [1.165, 1.54) is 25.2 Å². The predicted octanol–water partition coefficient (Wildman–Crippen LogP) is 4.02. The summed E-state index contributed by atoms with van der Waals surface area (Å²) >= 11 is 2.03. The summed E-state index contributed by atoms with van der Waals surface area (Å²) in [6.07, 6.45) is 5.12. The summed E-state index contributed by atoms with van der Waals surface area (Å²) in [5, 5.41) is 1.70. The maximum Gasteiger partial charge on any atom is 0.0122 e. The highest BCUT2D eigenvalue weighted by Gasteiger charge is 2.13. The summed E-state index contributed by atoms with van der Waals surface area (Å²) < 4.78 is 0. The van der Waals surface area contributed by atoms with Gasteiger partial charge in [-0.05, 0) is 36.5 Å².